The molecule has 0 N–H and O–H groups in total. The van der Waals surface area contributed by atoms with E-state index in [1.165, 1.54) is 26.2 Å². The van der Waals surface area contributed by atoms with Crippen LogP contribution in [0.25, 0.3) is 21.7 Å². The maximum atomic E-state index is 14.1. The fourth-order valence-electron chi connectivity index (χ4n) is 5.04. The summed E-state index contributed by atoms with van der Waals surface area (Å²) in [7, 11) is 4.49. The molecule has 1 amide bonds. The first-order valence-corrected chi connectivity index (χ1v) is 11.5. The Labute approximate surface area is 210 Å². The summed E-state index contributed by atoms with van der Waals surface area (Å²) in [6, 6.07) is 15.3. The predicted molar refractivity (Wildman–Crippen MR) is 136 cm³/mol. The molecule has 0 aliphatic carbocycles. The Morgan fingerprint density at radius 1 is 0.892 bits per heavy atom. The van der Waals surface area contributed by atoms with Crippen LogP contribution in [0.3, 0.4) is 0 Å². The molecule has 0 fully saturated rings. The Bertz CT molecular complexity index is 1770. The summed E-state index contributed by atoms with van der Waals surface area (Å²) < 4.78 is 28.3. The second-order valence-electron chi connectivity index (χ2n) is 8.63. The molecule has 1 unspecified atom stereocenters. The van der Waals surface area contributed by atoms with Crippen molar-refractivity contribution < 1.29 is 27.9 Å². The van der Waals surface area contributed by atoms with Gasteiger partial charge < -0.3 is 23.2 Å². The molecule has 0 spiro atoms. The quantitative estimate of drug-likeness (QED) is 0.311. The zero-order chi connectivity index (χ0) is 25.8. The molecule has 186 valence electrons. The topological polar surface area (TPSA) is 104 Å². The molecule has 2 aromatic heterocycles. The SMILES string of the molecule is COc1ccc(C2c3c(oc4c(ccc5ccccc54)c3=O)C(=O)N2c2cc(C)on2)c(OC)c1OC. The number of aryl methyl sites for hydroxylation is 1. The number of ether oxygens (including phenoxy) is 3. The highest BCUT2D eigenvalue weighted by atomic mass is 16.5. The number of carbonyl (C=O) groups excluding carboxylic acids is 1. The van der Waals surface area contributed by atoms with E-state index in [9.17, 15) is 9.59 Å². The van der Waals surface area contributed by atoms with Crippen LogP contribution in [-0.2, 0) is 0 Å². The first kappa shape index (κ1) is 22.7. The second-order valence-corrected chi connectivity index (χ2v) is 8.63. The number of hydrogen-bond acceptors (Lipinski definition) is 8. The van der Waals surface area contributed by atoms with E-state index in [4.69, 9.17) is 23.2 Å². The van der Waals surface area contributed by atoms with Gasteiger partial charge in [0.05, 0.1) is 32.3 Å². The third kappa shape index (κ3) is 3.20. The average Bonchev–Trinajstić information content (AvgIpc) is 3.48. The highest BCUT2D eigenvalue weighted by Crippen LogP contribution is 2.49. The van der Waals surface area contributed by atoms with Gasteiger partial charge in [0.1, 0.15) is 17.4 Å². The Balaban J connectivity index is 1.71. The molecule has 3 aromatic carbocycles. The number of nitrogens with zero attached hydrogens (tertiary/aromatic N) is 2. The largest absolute Gasteiger partial charge is 0.493 e. The lowest BCUT2D eigenvalue weighted by molar-refractivity contribution is 0.0969. The van der Waals surface area contributed by atoms with Gasteiger partial charge in [-0.2, -0.15) is 0 Å². The minimum Gasteiger partial charge on any atom is -0.493 e. The van der Waals surface area contributed by atoms with Crippen LogP contribution in [0.5, 0.6) is 17.2 Å². The molecular formula is C28H22N2O7. The molecule has 1 aliphatic heterocycles. The smallest absolute Gasteiger partial charge is 0.296 e. The number of rotatable bonds is 5. The van der Waals surface area contributed by atoms with Crippen LogP contribution >= 0.6 is 0 Å². The number of hydrogen-bond donors (Lipinski definition) is 0. The van der Waals surface area contributed by atoms with Gasteiger partial charge in [-0.15, -0.1) is 0 Å². The molecular weight excluding hydrogens is 476 g/mol. The molecule has 3 heterocycles. The van der Waals surface area contributed by atoms with E-state index in [-0.39, 0.29) is 22.6 Å². The molecule has 6 rings (SSSR count). The van der Waals surface area contributed by atoms with E-state index in [2.05, 4.69) is 5.16 Å². The summed E-state index contributed by atoms with van der Waals surface area (Å²) in [4.78, 5) is 29.4. The monoisotopic (exact) mass is 498 g/mol. The normalized spacial score (nSPS) is 14.9. The molecule has 5 aromatic rings. The molecule has 0 radical (unpaired) electrons. The molecule has 1 atom stereocenters. The van der Waals surface area contributed by atoms with E-state index in [0.717, 1.165) is 10.8 Å². The van der Waals surface area contributed by atoms with Crippen LogP contribution in [0.15, 0.2) is 68.3 Å². The fourth-order valence-corrected chi connectivity index (χ4v) is 5.04. The van der Waals surface area contributed by atoms with Crippen LogP contribution in [0, 0.1) is 6.92 Å². The van der Waals surface area contributed by atoms with Crippen molar-refractivity contribution in [1.29, 1.82) is 0 Å². The standard InChI is InChI=1S/C28H22N2O7/c1-14-13-20(29-37-14)30-22(17-11-12-19(33-2)26(35-4)25(17)34-3)21-23(31)18-10-9-15-7-5-6-8-16(15)24(18)36-27(21)28(30)32/h5-13,22H,1-4H3. The number of methoxy groups -OCH3 is 3. The molecule has 9 heteroatoms. The molecule has 9 nitrogen and oxygen atoms in total. The van der Waals surface area contributed by atoms with Crippen molar-refractivity contribution in [3.63, 3.8) is 0 Å². The highest BCUT2D eigenvalue weighted by molar-refractivity contribution is 6.12. The van der Waals surface area contributed by atoms with Crippen LogP contribution in [0.4, 0.5) is 5.82 Å². The predicted octanol–water partition coefficient (Wildman–Crippen LogP) is 5.02. The van der Waals surface area contributed by atoms with Gasteiger partial charge in [0.25, 0.3) is 5.91 Å². The van der Waals surface area contributed by atoms with Crippen LogP contribution in [0.1, 0.15) is 33.5 Å². The summed E-state index contributed by atoms with van der Waals surface area (Å²) in [5.74, 6) is 1.25. The first-order valence-electron chi connectivity index (χ1n) is 11.5. The van der Waals surface area contributed by atoms with Crippen LogP contribution in [-0.4, -0.2) is 32.4 Å². The summed E-state index contributed by atoms with van der Waals surface area (Å²) in [5.41, 5.74) is 0.714. The van der Waals surface area contributed by atoms with E-state index in [1.54, 1.807) is 31.2 Å². The lowest BCUT2D eigenvalue weighted by Gasteiger charge is -2.25. The number of anilines is 1. The van der Waals surface area contributed by atoms with Gasteiger partial charge in [0.15, 0.2) is 22.7 Å². The van der Waals surface area contributed by atoms with Crippen molar-refractivity contribution in [2.24, 2.45) is 0 Å². The first-order chi connectivity index (χ1) is 18.0. The van der Waals surface area contributed by atoms with Crippen LogP contribution < -0.4 is 24.5 Å². The molecule has 37 heavy (non-hydrogen) atoms. The van der Waals surface area contributed by atoms with Crippen molar-refractivity contribution in [2.45, 2.75) is 13.0 Å². The van der Waals surface area contributed by atoms with Gasteiger partial charge in [-0.25, -0.2) is 0 Å². The van der Waals surface area contributed by atoms with E-state index < -0.39 is 11.9 Å². The Kier molecular flexibility index (Phi) is 5.15. The summed E-state index contributed by atoms with van der Waals surface area (Å²) in [5, 5.41) is 6.08. The highest BCUT2D eigenvalue weighted by Gasteiger charge is 2.46. The fraction of sp³-hybridized carbons (Fsp3) is 0.179. The number of aromatic nitrogens is 1. The van der Waals surface area contributed by atoms with Crippen molar-refractivity contribution in [2.75, 3.05) is 26.2 Å². The van der Waals surface area contributed by atoms with Gasteiger partial charge in [0, 0.05) is 17.0 Å². The van der Waals surface area contributed by atoms with Gasteiger partial charge in [-0.1, -0.05) is 35.5 Å². The molecule has 0 saturated carbocycles. The maximum absolute atomic E-state index is 14.1. The lowest BCUT2D eigenvalue weighted by Crippen LogP contribution is -2.30. The average molecular weight is 498 g/mol. The third-order valence-corrected chi connectivity index (χ3v) is 6.65. The number of amides is 1. The van der Waals surface area contributed by atoms with Crippen molar-refractivity contribution >= 4 is 33.5 Å². The minimum atomic E-state index is -0.922. The third-order valence-electron chi connectivity index (χ3n) is 6.65. The van der Waals surface area contributed by atoms with Gasteiger partial charge in [-0.05, 0) is 30.5 Å². The van der Waals surface area contributed by atoms with Crippen molar-refractivity contribution in [1.82, 2.24) is 5.16 Å². The zero-order valence-electron chi connectivity index (χ0n) is 20.5. The summed E-state index contributed by atoms with van der Waals surface area (Å²) in [6.07, 6.45) is 0. The molecule has 1 aliphatic rings. The molecule has 0 bridgehead atoms. The number of benzene rings is 3. The van der Waals surface area contributed by atoms with Gasteiger partial charge in [0.2, 0.25) is 11.5 Å². The second kappa shape index (κ2) is 8.41. The number of carbonyl (C=O) groups is 1. The summed E-state index contributed by atoms with van der Waals surface area (Å²) in [6.45, 7) is 1.72. The van der Waals surface area contributed by atoms with Crippen molar-refractivity contribution in [3.05, 3.63) is 87.5 Å². The summed E-state index contributed by atoms with van der Waals surface area (Å²) >= 11 is 0. The van der Waals surface area contributed by atoms with Gasteiger partial charge in [-0.3, -0.25) is 14.5 Å². The number of fused-ring (bicyclic) bond motifs is 4. The van der Waals surface area contributed by atoms with E-state index >= 15 is 0 Å². The Morgan fingerprint density at radius 3 is 2.38 bits per heavy atom. The molecule has 0 saturated heterocycles. The van der Waals surface area contributed by atoms with E-state index in [0.29, 0.717) is 39.5 Å². The van der Waals surface area contributed by atoms with Crippen LogP contribution in [0.2, 0.25) is 0 Å². The Morgan fingerprint density at radius 2 is 1.68 bits per heavy atom. The van der Waals surface area contributed by atoms with Gasteiger partial charge >= 0.3 is 0 Å². The van der Waals surface area contributed by atoms with E-state index in [1.807, 2.05) is 30.3 Å². The maximum Gasteiger partial charge on any atom is 0.296 e. The Hall–Kier alpha value is -4.79. The van der Waals surface area contributed by atoms with Crippen molar-refractivity contribution in [3.8, 4) is 17.2 Å². The minimum absolute atomic E-state index is 0.0589. The zero-order valence-corrected chi connectivity index (χ0v) is 20.5. The lowest BCUT2D eigenvalue weighted by atomic mass is 9.96.